The van der Waals surface area contributed by atoms with Crippen molar-refractivity contribution in [2.24, 2.45) is 0 Å². The highest BCUT2D eigenvalue weighted by Gasteiger charge is 2.46. The van der Waals surface area contributed by atoms with Crippen LogP contribution in [0.4, 0.5) is 13.2 Å². The van der Waals surface area contributed by atoms with Crippen molar-refractivity contribution in [3.63, 3.8) is 0 Å². The van der Waals surface area contributed by atoms with Crippen LogP contribution in [0.15, 0.2) is 34.1 Å². The first-order valence-corrected chi connectivity index (χ1v) is 8.39. The SMILES string of the molecule is O=S(=O)(CCCl)c1ccc(S(=O)(=O)C(F)(F)F)cc1. The van der Waals surface area contributed by atoms with E-state index in [-0.39, 0.29) is 16.5 Å². The molecular weight excluding hydrogens is 329 g/mol. The molecule has 0 aliphatic heterocycles. The Labute approximate surface area is 113 Å². The van der Waals surface area contributed by atoms with Crippen LogP contribution in [0.2, 0.25) is 0 Å². The molecule has 0 aliphatic rings. The number of halogens is 4. The van der Waals surface area contributed by atoms with Crippen LogP contribution in [0.25, 0.3) is 0 Å². The van der Waals surface area contributed by atoms with Crippen LogP contribution in [-0.4, -0.2) is 34.0 Å². The highest BCUT2D eigenvalue weighted by molar-refractivity contribution is 7.92. The molecule has 108 valence electrons. The van der Waals surface area contributed by atoms with Crippen molar-refractivity contribution < 1.29 is 30.0 Å². The first-order chi connectivity index (χ1) is 8.52. The number of rotatable bonds is 4. The van der Waals surface area contributed by atoms with Crippen LogP contribution in [0.3, 0.4) is 0 Å². The molecule has 0 amide bonds. The summed E-state index contributed by atoms with van der Waals surface area (Å²) >= 11 is 5.28. The molecule has 0 fully saturated rings. The van der Waals surface area contributed by atoms with Crippen molar-refractivity contribution >= 4 is 31.3 Å². The maximum Gasteiger partial charge on any atom is 0.501 e. The lowest BCUT2D eigenvalue weighted by Gasteiger charge is -2.08. The van der Waals surface area contributed by atoms with Crippen LogP contribution in [0.1, 0.15) is 0 Å². The number of sulfone groups is 2. The van der Waals surface area contributed by atoms with Gasteiger partial charge in [0.25, 0.3) is 9.84 Å². The zero-order valence-corrected chi connectivity index (χ0v) is 11.6. The molecule has 0 radical (unpaired) electrons. The molecule has 0 spiro atoms. The fourth-order valence-corrected chi connectivity index (χ4v) is 3.54. The first kappa shape index (κ1) is 16.3. The molecule has 0 N–H and O–H groups in total. The third kappa shape index (κ3) is 3.40. The third-order valence-electron chi connectivity index (χ3n) is 2.14. The fraction of sp³-hybridized carbons (Fsp3) is 0.333. The largest absolute Gasteiger partial charge is 0.501 e. The van der Waals surface area contributed by atoms with Gasteiger partial charge in [-0.05, 0) is 24.3 Å². The molecule has 0 saturated carbocycles. The summed E-state index contributed by atoms with van der Waals surface area (Å²) in [7, 11) is -9.19. The Morgan fingerprint density at radius 3 is 1.74 bits per heavy atom. The third-order valence-corrected chi connectivity index (χ3v) is 5.79. The molecule has 10 heteroatoms. The van der Waals surface area contributed by atoms with E-state index in [1.165, 1.54) is 0 Å². The summed E-state index contributed by atoms with van der Waals surface area (Å²) in [5.74, 6) is -0.565. The van der Waals surface area contributed by atoms with Crippen molar-refractivity contribution in [3.8, 4) is 0 Å². The summed E-state index contributed by atoms with van der Waals surface area (Å²) in [6, 6.07) is 2.81. The Morgan fingerprint density at radius 2 is 1.37 bits per heavy atom. The van der Waals surface area contributed by atoms with Gasteiger partial charge >= 0.3 is 5.51 Å². The highest BCUT2D eigenvalue weighted by Crippen LogP contribution is 2.30. The van der Waals surface area contributed by atoms with Gasteiger partial charge in [0, 0.05) is 5.88 Å². The monoisotopic (exact) mass is 336 g/mol. The van der Waals surface area contributed by atoms with Crippen molar-refractivity contribution in [3.05, 3.63) is 24.3 Å². The average Bonchev–Trinajstić information content (AvgIpc) is 2.27. The van der Waals surface area contributed by atoms with E-state index >= 15 is 0 Å². The Balaban J connectivity index is 3.22. The molecule has 0 heterocycles. The minimum atomic E-state index is -5.47. The van der Waals surface area contributed by atoms with Crippen LogP contribution >= 0.6 is 11.6 Å². The average molecular weight is 337 g/mol. The number of hydrogen-bond acceptors (Lipinski definition) is 4. The summed E-state index contributed by atoms with van der Waals surface area (Å²) < 4.78 is 81.9. The van der Waals surface area contributed by atoms with Gasteiger partial charge in [-0.3, -0.25) is 0 Å². The second-order valence-electron chi connectivity index (χ2n) is 3.43. The normalized spacial score (nSPS) is 13.5. The topological polar surface area (TPSA) is 68.3 Å². The fourth-order valence-electron chi connectivity index (χ4n) is 1.18. The van der Waals surface area contributed by atoms with Gasteiger partial charge in [0.15, 0.2) is 9.84 Å². The van der Waals surface area contributed by atoms with Crippen LogP contribution in [0.5, 0.6) is 0 Å². The lowest BCUT2D eigenvalue weighted by Crippen LogP contribution is -2.23. The van der Waals surface area contributed by atoms with Gasteiger partial charge in [-0.1, -0.05) is 0 Å². The standard InChI is InChI=1S/C9H8ClF3O4S2/c10-5-6-18(14,15)7-1-3-8(4-2-7)19(16,17)9(11,12)13/h1-4H,5-6H2. The summed E-state index contributed by atoms with van der Waals surface area (Å²) in [4.78, 5) is -1.29. The molecule has 0 bridgehead atoms. The van der Waals surface area contributed by atoms with Gasteiger partial charge in [0.05, 0.1) is 15.5 Å². The first-order valence-electron chi connectivity index (χ1n) is 4.72. The molecule has 1 aromatic rings. The van der Waals surface area contributed by atoms with Gasteiger partial charge in [0.1, 0.15) is 0 Å². The lowest BCUT2D eigenvalue weighted by molar-refractivity contribution is -0.0436. The van der Waals surface area contributed by atoms with Crippen LogP contribution < -0.4 is 0 Å². The van der Waals surface area contributed by atoms with Crippen LogP contribution in [0, 0.1) is 0 Å². The van der Waals surface area contributed by atoms with Crippen LogP contribution in [-0.2, 0) is 19.7 Å². The molecule has 1 rings (SSSR count). The molecule has 0 aromatic heterocycles. The van der Waals surface area contributed by atoms with Crippen molar-refractivity contribution in [1.29, 1.82) is 0 Å². The van der Waals surface area contributed by atoms with Gasteiger partial charge in [-0.2, -0.15) is 13.2 Å². The van der Waals surface area contributed by atoms with E-state index < -0.39 is 30.1 Å². The smallest absolute Gasteiger partial charge is 0.224 e. The molecule has 1 aromatic carbocycles. The summed E-state index contributed by atoms with van der Waals surface area (Å²) in [6.45, 7) is 0. The van der Waals surface area contributed by atoms with E-state index in [1.54, 1.807) is 0 Å². The van der Waals surface area contributed by atoms with E-state index in [1.807, 2.05) is 0 Å². The Bertz CT molecular complexity index is 648. The Hall–Kier alpha value is -0.800. The van der Waals surface area contributed by atoms with E-state index in [0.717, 1.165) is 12.1 Å². The molecule has 0 unspecified atom stereocenters. The maximum absolute atomic E-state index is 12.3. The second kappa shape index (κ2) is 5.29. The van der Waals surface area contributed by atoms with Gasteiger partial charge < -0.3 is 0 Å². The highest BCUT2D eigenvalue weighted by atomic mass is 35.5. The number of alkyl halides is 4. The number of hydrogen-bond donors (Lipinski definition) is 0. The predicted molar refractivity (Wildman–Crippen MR) is 62.5 cm³/mol. The Kier molecular flexibility index (Phi) is 4.53. The minimum Gasteiger partial charge on any atom is -0.224 e. The van der Waals surface area contributed by atoms with E-state index in [9.17, 15) is 30.0 Å². The molecule has 0 saturated heterocycles. The second-order valence-corrected chi connectivity index (χ2v) is 7.86. The van der Waals surface area contributed by atoms with Gasteiger partial charge in [0.2, 0.25) is 0 Å². The minimum absolute atomic E-state index is 0.176. The van der Waals surface area contributed by atoms with Crippen molar-refractivity contribution in [2.75, 3.05) is 11.6 Å². The maximum atomic E-state index is 12.3. The molecular formula is C9H8ClF3O4S2. The van der Waals surface area contributed by atoms with E-state index in [0.29, 0.717) is 12.1 Å². The number of benzene rings is 1. The quantitative estimate of drug-likeness (QED) is 0.789. The Morgan fingerprint density at radius 1 is 0.947 bits per heavy atom. The summed E-state index contributed by atoms with van der Waals surface area (Å²) in [5.41, 5.74) is -5.43. The predicted octanol–water partition coefficient (Wildman–Crippen LogP) is 1.99. The summed E-state index contributed by atoms with van der Waals surface area (Å²) in [5, 5.41) is 0. The van der Waals surface area contributed by atoms with Gasteiger partial charge in [-0.25, -0.2) is 16.8 Å². The molecule has 4 nitrogen and oxygen atoms in total. The zero-order chi connectivity index (χ0) is 14.9. The zero-order valence-electron chi connectivity index (χ0n) is 9.18. The molecule has 0 aliphatic carbocycles. The lowest BCUT2D eigenvalue weighted by atomic mass is 10.4. The molecule has 0 atom stereocenters. The summed E-state index contributed by atoms with van der Waals surface area (Å²) in [6.07, 6.45) is 0. The molecule has 19 heavy (non-hydrogen) atoms. The van der Waals surface area contributed by atoms with Crippen molar-refractivity contribution in [1.82, 2.24) is 0 Å². The van der Waals surface area contributed by atoms with Crippen molar-refractivity contribution in [2.45, 2.75) is 15.3 Å². The van der Waals surface area contributed by atoms with E-state index in [2.05, 4.69) is 0 Å². The van der Waals surface area contributed by atoms with Gasteiger partial charge in [-0.15, -0.1) is 11.6 Å². The van der Waals surface area contributed by atoms with E-state index in [4.69, 9.17) is 11.6 Å².